The van der Waals surface area contributed by atoms with Gasteiger partial charge in [-0.2, -0.15) is 5.26 Å². The van der Waals surface area contributed by atoms with Crippen LogP contribution in [0.3, 0.4) is 0 Å². The van der Waals surface area contributed by atoms with Crippen molar-refractivity contribution in [1.82, 2.24) is 15.2 Å². The fourth-order valence-corrected chi connectivity index (χ4v) is 3.77. The minimum absolute atomic E-state index is 0.138. The van der Waals surface area contributed by atoms with E-state index in [1.807, 2.05) is 45.8 Å². The lowest BCUT2D eigenvalue weighted by Crippen LogP contribution is -2.35. The number of nitriles is 1. The number of benzene rings is 1. The largest absolute Gasteiger partial charge is 0.353 e. The summed E-state index contributed by atoms with van der Waals surface area (Å²) in [6.07, 6.45) is 0. The van der Waals surface area contributed by atoms with Crippen LogP contribution in [0.4, 0.5) is 4.39 Å². The number of likely N-dealkylation sites (N-methyl/N-ethyl adjacent to an activating group) is 1. The first kappa shape index (κ1) is 21.9. The van der Waals surface area contributed by atoms with Gasteiger partial charge in [-0.15, -0.1) is 0 Å². The predicted octanol–water partition coefficient (Wildman–Crippen LogP) is 3.53. The van der Waals surface area contributed by atoms with Gasteiger partial charge in [-0.3, -0.25) is 4.79 Å². The van der Waals surface area contributed by atoms with Crippen molar-refractivity contribution in [3.63, 3.8) is 0 Å². The predicted molar refractivity (Wildman–Crippen MR) is 110 cm³/mol. The molecule has 7 heteroatoms. The molecule has 1 N–H and O–H groups in total. The van der Waals surface area contributed by atoms with E-state index in [0.29, 0.717) is 17.1 Å². The van der Waals surface area contributed by atoms with Crippen molar-refractivity contribution >= 4 is 17.7 Å². The van der Waals surface area contributed by atoms with E-state index >= 15 is 0 Å². The van der Waals surface area contributed by atoms with Gasteiger partial charge >= 0.3 is 0 Å². The molecule has 2 aromatic rings. The van der Waals surface area contributed by atoms with E-state index in [1.165, 1.54) is 23.9 Å². The van der Waals surface area contributed by atoms with Crippen LogP contribution in [0.5, 0.6) is 0 Å². The molecular weight excluding hydrogens is 375 g/mol. The van der Waals surface area contributed by atoms with Gasteiger partial charge in [0.25, 0.3) is 0 Å². The van der Waals surface area contributed by atoms with Gasteiger partial charge in [0.05, 0.1) is 17.4 Å². The molecule has 1 unspecified atom stereocenters. The van der Waals surface area contributed by atoms with Crippen molar-refractivity contribution in [2.45, 2.75) is 31.8 Å². The number of rotatable bonds is 7. The zero-order valence-corrected chi connectivity index (χ0v) is 17.7. The molecule has 0 aliphatic rings. The van der Waals surface area contributed by atoms with Crippen molar-refractivity contribution in [3.8, 4) is 6.07 Å². The maximum Gasteiger partial charge on any atom is 0.230 e. The van der Waals surface area contributed by atoms with Crippen LogP contribution < -0.4 is 5.32 Å². The van der Waals surface area contributed by atoms with E-state index in [4.69, 9.17) is 0 Å². The number of nitrogens with zero attached hydrogens (tertiary/aromatic N) is 3. The number of aryl methyl sites for hydroxylation is 1. The second-order valence-corrected chi connectivity index (χ2v) is 7.83. The van der Waals surface area contributed by atoms with Crippen molar-refractivity contribution in [2.24, 2.45) is 0 Å². The number of carbonyl (C=O) groups excluding carboxylic acids is 1. The highest BCUT2D eigenvalue weighted by Gasteiger charge is 2.17. The average molecular weight is 401 g/mol. The Hall–Kier alpha value is -2.43. The van der Waals surface area contributed by atoms with Gasteiger partial charge in [0.2, 0.25) is 5.91 Å². The number of carbonyl (C=O) groups is 1. The number of thioether (sulfide) groups is 1. The van der Waals surface area contributed by atoms with E-state index in [-0.39, 0.29) is 23.5 Å². The van der Waals surface area contributed by atoms with Crippen LogP contribution in [0.2, 0.25) is 0 Å². The van der Waals surface area contributed by atoms with Gasteiger partial charge in [0, 0.05) is 12.2 Å². The van der Waals surface area contributed by atoms with Crippen LogP contribution in [0.25, 0.3) is 0 Å². The molecule has 0 radical (unpaired) electrons. The van der Waals surface area contributed by atoms with E-state index < -0.39 is 0 Å². The second kappa shape index (κ2) is 9.67. The molecule has 1 aromatic heterocycles. The van der Waals surface area contributed by atoms with Gasteiger partial charge < -0.3 is 10.2 Å². The molecule has 1 amide bonds. The Morgan fingerprint density at radius 3 is 2.64 bits per heavy atom. The van der Waals surface area contributed by atoms with Crippen molar-refractivity contribution < 1.29 is 9.18 Å². The molecule has 0 saturated carbocycles. The molecule has 1 heterocycles. The third kappa shape index (κ3) is 5.31. The smallest absolute Gasteiger partial charge is 0.230 e. The monoisotopic (exact) mass is 400 g/mol. The lowest BCUT2D eigenvalue weighted by molar-refractivity contribution is -0.118. The number of hydrogen-bond acceptors (Lipinski definition) is 5. The summed E-state index contributed by atoms with van der Waals surface area (Å²) >= 11 is 1.26. The van der Waals surface area contributed by atoms with Gasteiger partial charge in [-0.25, -0.2) is 9.37 Å². The molecule has 148 valence electrons. The first-order valence-corrected chi connectivity index (χ1v) is 9.92. The molecule has 0 bridgehead atoms. The number of aromatic nitrogens is 1. The average Bonchev–Trinajstić information content (AvgIpc) is 2.64. The standard InChI is InChI=1S/C21H25FN4OS/c1-13-14(2)18(10-23)21(25-15(13)3)28-12-20(27)24-11-19(26(4)5)16-7-6-8-17(22)9-16/h6-9,19H,11-12H2,1-5H3,(H,24,27). The summed E-state index contributed by atoms with van der Waals surface area (Å²) in [7, 11) is 3.77. The second-order valence-electron chi connectivity index (χ2n) is 6.87. The highest BCUT2D eigenvalue weighted by Crippen LogP contribution is 2.26. The number of hydrogen-bond donors (Lipinski definition) is 1. The molecule has 0 fully saturated rings. The topological polar surface area (TPSA) is 69.0 Å². The minimum Gasteiger partial charge on any atom is -0.353 e. The molecule has 5 nitrogen and oxygen atoms in total. The first-order chi connectivity index (χ1) is 13.2. The fraction of sp³-hybridized carbons (Fsp3) is 0.381. The summed E-state index contributed by atoms with van der Waals surface area (Å²) < 4.78 is 13.5. The Kier molecular flexibility index (Phi) is 7.55. The van der Waals surface area contributed by atoms with Crippen LogP contribution >= 0.6 is 11.8 Å². The Labute approximate surface area is 170 Å². The van der Waals surface area contributed by atoms with E-state index in [9.17, 15) is 14.4 Å². The van der Waals surface area contributed by atoms with Crippen LogP contribution in [-0.2, 0) is 4.79 Å². The van der Waals surface area contributed by atoms with Crippen molar-refractivity contribution in [3.05, 3.63) is 58.0 Å². The van der Waals surface area contributed by atoms with Gasteiger partial charge in [0.1, 0.15) is 16.9 Å². The van der Waals surface area contributed by atoms with E-state index in [1.54, 1.807) is 6.07 Å². The summed E-state index contributed by atoms with van der Waals surface area (Å²) in [6, 6.07) is 8.44. The first-order valence-electron chi connectivity index (χ1n) is 8.93. The van der Waals surface area contributed by atoms with Gasteiger partial charge in [0.15, 0.2) is 0 Å². The Morgan fingerprint density at radius 2 is 2.04 bits per heavy atom. The molecule has 0 spiro atoms. The lowest BCUT2D eigenvalue weighted by atomic mass is 10.1. The molecule has 0 aliphatic heterocycles. The zero-order valence-electron chi connectivity index (χ0n) is 16.8. The van der Waals surface area contributed by atoms with Crippen molar-refractivity contribution in [2.75, 3.05) is 26.4 Å². The Bertz CT molecular complexity index is 908. The summed E-state index contributed by atoms with van der Waals surface area (Å²) in [4.78, 5) is 18.7. The van der Waals surface area contributed by atoms with Crippen LogP contribution in [0.15, 0.2) is 29.3 Å². The Morgan fingerprint density at radius 1 is 1.32 bits per heavy atom. The molecular formula is C21H25FN4OS. The normalized spacial score (nSPS) is 11.9. The number of halogens is 1. The fourth-order valence-electron chi connectivity index (χ4n) is 2.86. The van der Waals surface area contributed by atoms with Crippen LogP contribution in [-0.4, -0.2) is 42.2 Å². The summed E-state index contributed by atoms with van der Waals surface area (Å²) in [5, 5.41) is 12.9. The molecule has 2 rings (SSSR count). The van der Waals surface area contributed by atoms with Crippen LogP contribution in [0.1, 0.15) is 34.0 Å². The molecule has 0 saturated heterocycles. The lowest BCUT2D eigenvalue weighted by Gasteiger charge is -2.25. The minimum atomic E-state index is -0.300. The molecule has 0 aliphatic carbocycles. The third-order valence-corrected chi connectivity index (χ3v) is 5.74. The van der Waals surface area contributed by atoms with Crippen molar-refractivity contribution in [1.29, 1.82) is 5.26 Å². The summed E-state index contributed by atoms with van der Waals surface area (Å²) in [6.45, 7) is 6.09. The maximum atomic E-state index is 13.5. The molecule has 1 aromatic carbocycles. The van der Waals surface area contributed by atoms with Gasteiger partial charge in [-0.05, 0) is 63.7 Å². The third-order valence-electron chi connectivity index (χ3n) is 4.76. The Balaban J connectivity index is 2.02. The highest BCUT2D eigenvalue weighted by molar-refractivity contribution is 8.00. The SMILES string of the molecule is Cc1nc(SCC(=O)NCC(c2cccc(F)c2)N(C)C)c(C#N)c(C)c1C. The van der Waals surface area contributed by atoms with E-state index in [0.717, 1.165) is 22.4 Å². The highest BCUT2D eigenvalue weighted by atomic mass is 32.2. The number of pyridine rings is 1. The quantitative estimate of drug-likeness (QED) is 0.720. The maximum absolute atomic E-state index is 13.5. The van der Waals surface area contributed by atoms with E-state index in [2.05, 4.69) is 16.4 Å². The number of amides is 1. The summed E-state index contributed by atoms with van der Waals surface area (Å²) in [5.41, 5.74) is 4.08. The van der Waals surface area contributed by atoms with Gasteiger partial charge in [-0.1, -0.05) is 23.9 Å². The number of nitrogens with one attached hydrogen (secondary N) is 1. The molecule has 1 atom stereocenters. The molecule has 28 heavy (non-hydrogen) atoms. The summed E-state index contributed by atoms with van der Waals surface area (Å²) in [5.74, 6) is -0.298. The van der Waals surface area contributed by atoms with Crippen LogP contribution in [0, 0.1) is 37.9 Å². The zero-order chi connectivity index (χ0) is 20.8.